The van der Waals surface area contributed by atoms with Crippen molar-refractivity contribution >= 4 is 46.5 Å². The second-order valence-electron chi connectivity index (χ2n) is 6.90. The summed E-state index contributed by atoms with van der Waals surface area (Å²) < 4.78 is 7.20. The number of aromatic nitrogens is 6. The van der Waals surface area contributed by atoms with E-state index in [4.69, 9.17) is 39.5 Å². The van der Waals surface area contributed by atoms with Gasteiger partial charge in [0.25, 0.3) is 5.95 Å². The Kier molecular flexibility index (Phi) is 7.41. The Labute approximate surface area is 209 Å². The van der Waals surface area contributed by atoms with E-state index in [9.17, 15) is 4.79 Å². The summed E-state index contributed by atoms with van der Waals surface area (Å²) >= 11 is 18.6. The van der Waals surface area contributed by atoms with Gasteiger partial charge in [-0.3, -0.25) is 0 Å². The SMILES string of the molecule is C[C@H](NC(=O)Nc1cc(OCc2cccnc2Cl)c(Cl)cc1Cl)c1ncnn1-c1ncccn1. The van der Waals surface area contributed by atoms with Crippen molar-refractivity contribution in [2.24, 2.45) is 0 Å². The van der Waals surface area contributed by atoms with Gasteiger partial charge < -0.3 is 15.4 Å². The predicted molar refractivity (Wildman–Crippen MR) is 128 cm³/mol. The fourth-order valence-corrected chi connectivity index (χ4v) is 3.60. The molecule has 4 aromatic rings. The minimum Gasteiger partial charge on any atom is -0.487 e. The van der Waals surface area contributed by atoms with Gasteiger partial charge in [0.15, 0.2) is 5.82 Å². The molecule has 10 nitrogen and oxygen atoms in total. The van der Waals surface area contributed by atoms with E-state index >= 15 is 0 Å². The Morgan fingerprint density at radius 3 is 2.59 bits per heavy atom. The van der Waals surface area contributed by atoms with Crippen molar-refractivity contribution in [3.63, 3.8) is 0 Å². The fourth-order valence-electron chi connectivity index (χ4n) is 2.94. The van der Waals surface area contributed by atoms with Crippen LogP contribution in [0.5, 0.6) is 5.75 Å². The van der Waals surface area contributed by atoms with Crippen molar-refractivity contribution in [2.75, 3.05) is 5.32 Å². The molecule has 0 aliphatic heterocycles. The lowest BCUT2D eigenvalue weighted by Gasteiger charge is -2.16. The van der Waals surface area contributed by atoms with Gasteiger partial charge in [-0.05, 0) is 25.1 Å². The number of urea groups is 1. The first-order chi connectivity index (χ1) is 16.4. The van der Waals surface area contributed by atoms with E-state index < -0.39 is 12.1 Å². The summed E-state index contributed by atoms with van der Waals surface area (Å²) in [5, 5.41) is 10.4. The average Bonchev–Trinajstić information content (AvgIpc) is 3.32. The summed E-state index contributed by atoms with van der Waals surface area (Å²) in [5.74, 6) is 1.09. The van der Waals surface area contributed by atoms with Crippen molar-refractivity contribution in [1.82, 2.24) is 35.0 Å². The van der Waals surface area contributed by atoms with E-state index in [0.29, 0.717) is 33.9 Å². The van der Waals surface area contributed by atoms with E-state index in [1.807, 2.05) is 0 Å². The molecule has 0 fully saturated rings. The lowest BCUT2D eigenvalue weighted by atomic mass is 10.2. The number of nitrogens with one attached hydrogen (secondary N) is 2. The molecule has 3 heterocycles. The number of ether oxygens (including phenoxy) is 1. The smallest absolute Gasteiger partial charge is 0.319 e. The predicted octanol–water partition coefficient (Wildman–Crippen LogP) is 4.87. The molecule has 34 heavy (non-hydrogen) atoms. The molecule has 0 unspecified atom stereocenters. The largest absolute Gasteiger partial charge is 0.487 e. The molecule has 1 atom stereocenters. The van der Waals surface area contributed by atoms with E-state index in [0.717, 1.165) is 0 Å². The molecule has 0 spiro atoms. The van der Waals surface area contributed by atoms with E-state index in [-0.39, 0.29) is 16.7 Å². The number of rotatable bonds is 7. The number of hydrogen-bond donors (Lipinski definition) is 2. The topological polar surface area (TPSA) is 120 Å². The molecule has 174 valence electrons. The third-order valence-electron chi connectivity index (χ3n) is 4.54. The number of anilines is 1. The molecular weight excluding hydrogens is 503 g/mol. The third-order valence-corrected chi connectivity index (χ3v) is 5.49. The number of hydrogen-bond acceptors (Lipinski definition) is 7. The fraction of sp³-hybridized carbons (Fsp3) is 0.143. The van der Waals surface area contributed by atoms with Gasteiger partial charge in [0.05, 0.1) is 21.8 Å². The number of carbonyl (C=O) groups excluding carboxylic acids is 1. The maximum Gasteiger partial charge on any atom is 0.319 e. The van der Waals surface area contributed by atoms with E-state index in [1.54, 1.807) is 43.7 Å². The van der Waals surface area contributed by atoms with Crippen LogP contribution in [0.4, 0.5) is 10.5 Å². The minimum absolute atomic E-state index is 0.133. The lowest BCUT2D eigenvalue weighted by molar-refractivity contribution is 0.248. The Bertz CT molecular complexity index is 1300. The first kappa shape index (κ1) is 23.7. The van der Waals surface area contributed by atoms with Crippen molar-refractivity contribution in [3.05, 3.63) is 81.8 Å². The highest BCUT2D eigenvalue weighted by atomic mass is 35.5. The number of pyridine rings is 1. The quantitative estimate of drug-likeness (QED) is 0.334. The van der Waals surface area contributed by atoms with Gasteiger partial charge in [0.1, 0.15) is 23.8 Å². The molecule has 1 aromatic carbocycles. The molecule has 0 saturated heterocycles. The number of halogens is 3. The zero-order valence-electron chi connectivity index (χ0n) is 17.6. The van der Waals surface area contributed by atoms with Gasteiger partial charge in [0.2, 0.25) is 0 Å². The molecule has 2 amide bonds. The van der Waals surface area contributed by atoms with Gasteiger partial charge in [0, 0.05) is 30.2 Å². The highest BCUT2D eigenvalue weighted by Gasteiger charge is 2.19. The van der Waals surface area contributed by atoms with Crippen LogP contribution in [0.3, 0.4) is 0 Å². The van der Waals surface area contributed by atoms with Gasteiger partial charge in [-0.25, -0.2) is 24.7 Å². The maximum atomic E-state index is 12.7. The van der Waals surface area contributed by atoms with Crippen molar-refractivity contribution in [1.29, 1.82) is 0 Å². The molecule has 3 aromatic heterocycles. The van der Waals surface area contributed by atoms with Crippen LogP contribution >= 0.6 is 34.8 Å². The molecule has 0 bridgehead atoms. The Hall–Kier alpha value is -3.47. The van der Waals surface area contributed by atoms with Gasteiger partial charge in [-0.1, -0.05) is 40.9 Å². The normalized spacial score (nSPS) is 11.6. The number of carbonyl (C=O) groups is 1. The number of nitrogens with zero attached hydrogens (tertiary/aromatic N) is 6. The summed E-state index contributed by atoms with van der Waals surface area (Å²) in [6, 6.07) is 7.17. The highest BCUT2D eigenvalue weighted by Crippen LogP contribution is 2.35. The van der Waals surface area contributed by atoms with E-state index in [2.05, 4.69) is 35.7 Å². The molecule has 0 aliphatic carbocycles. The van der Waals surface area contributed by atoms with Gasteiger partial charge >= 0.3 is 6.03 Å². The van der Waals surface area contributed by atoms with Crippen molar-refractivity contribution in [3.8, 4) is 11.7 Å². The standard InChI is InChI=1S/C21H17Cl3N8O2/c1-12(19-28-11-29-32(19)20-26-6-3-7-27-20)30-21(33)31-16-9-17(15(23)8-14(16)22)34-10-13-4-2-5-25-18(13)24/h2-9,11-12H,10H2,1H3,(H2,30,31,33)/t12-/m0/s1. The number of benzene rings is 1. The monoisotopic (exact) mass is 518 g/mol. The summed E-state index contributed by atoms with van der Waals surface area (Å²) in [4.78, 5) is 29.2. The second-order valence-corrected chi connectivity index (χ2v) is 8.08. The van der Waals surface area contributed by atoms with E-state index in [1.165, 1.54) is 23.1 Å². The first-order valence-corrected chi connectivity index (χ1v) is 11.0. The second kappa shape index (κ2) is 10.6. The Morgan fingerprint density at radius 1 is 1.06 bits per heavy atom. The van der Waals surface area contributed by atoms with Crippen molar-refractivity contribution < 1.29 is 9.53 Å². The van der Waals surface area contributed by atoms with Gasteiger partial charge in [-0.2, -0.15) is 9.78 Å². The maximum absolute atomic E-state index is 12.7. The summed E-state index contributed by atoms with van der Waals surface area (Å²) in [6.45, 7) is 1.88. The molecule has 0 radical (unpaired) electrons. The molecule has 13 heteroatoms. The van der Waals surface area contributed by atoms with Crippen molar-refractivity contribution in [2.45, 2.75) is 19.6 Å². The third kappa shape index (κ3) is 5.53. The Balaban J connectivity index is 1.44. The van der Waals surface area contributed by atoms with Crippen LogP contribution in [-0.4, -0.2) is 35.7 Å². The minimum atomic E-state index is -0.527. The van der Waals surface area contributed by atoms with Crippen LogP contribution in [0, 0.1) is 0 Å². The van der Waals surface area contributed by atoms with Crippen LogP contribution in [0.15, 0.2) is 55.2 Å². The highest BCUT2D eigenvalue weighted by molar-refractivity contribution is 6.37. The molecule has 0 aliphatic rings. The molecule has 2 N–H and O–H groups in total. The van der Waals surface area contributed by atoms with Crippen LogP contribution in [0.25, 0.3) is 5.95 Å². The zero-order chi connectivity index (χ0) is 24.1. The molecule has 4 rings (SSSR count). The van der Waals surface area contributed by atoms with Crippen LogP contribution in [0.1, 0.15) is 24.4 Å². The zero-order valence-corrected chi connectivity index (χ0v) is 19.9. The molecular formula is C21H17Cl3N8O2. The Morgan fingerprint density at radius 2 is 1.82 bits per heavy atom. The van der Waals surface area contributed by atoms with Gasteiger partial charge in [-0.15, -0.1) is 0 Å². The summed E-state index contributed by atoms with van der Waals surface area (Å²) in [7, 11) is 0. The summed E-state index contributed by atoms with van der Waals surface area (Å²) in [5.41, 5.74) is 0.985. The number of amides is 2. The first-order valence-electron chi connectivity index (χ1n) is 9.88. The summed E-state index contributed by atoms with van der Waals surface area (Å²) in [6.07, 6.45) is 6.11. The van der Waals surface area contributed by atoms with Crippen LogP contribution in [-0.2, 0) is 6.61 Å². The lowest BCUT2D eigenvalue weighted by Crippen LogP contribution is -2.32. The molecule has 0 saturated carbocycles. The average molecular weight is 520 g/mol. The van der Waals surface area contributed by atoms with Crippen LogP contribution in [0.2, 0.25) is 15.2 Å². The van der Waals surface area contributed by atoms with Crippen LogP contribution < -0.4 is 15.4 Å².